The number of halogens is 3. The average Bonchev–Trinajstić information content (AvgIpc) is 2.85. The van der Waals surface area contributed by atoms with Crippen molar-refractivity contribution in [1.82, 2.24) is 9.47 Å². The first kappa shape index (κ1) is 24.5. The molecular formula is C27H21Cl3N2O4. The number of rotatable bonds is 4. The predicted molar refractivity (Wildman–Crippen MR) is 143 cm³/mol. The number of fused-ring (bicyclic) bond motifs is 1. The first-order chi connectivity index (χ1) is 17.3. The molecule has 0 spiro atoms. The first-order valence-corrected chi connectivity index (χ1v) is 12.5. The van der Waals surface area contributed by atoms with Crippen LogP contribution in [0.3, 0.4) is 0 Å². The highest BCUT2D eigenvalue weighted by molar-refractivity contribution is 6.38. The van der Waals surface area contributed by atoms with E-state index < -0.39 is 6.09 Å². The van der Waals surface area contributed by atoms with Crippen LogP contribution in [0.5, 0.6) is 5.75 Å². The summed E-state index contributed by atoms with van der Waals surface area (Å²) in [4.78, 5) is 25.8. The average molecular weight is 544 g/mol. The highest BCUT2D eigenvalue weighted by Gasteiger charge is 2.24. The molecule has 184 valence electrons. The molecule has 5 rings (SSSR count). The smallest absolute Gasteiger partial charge is 0.407 e. The van der Waals surface area contributed by atoms with Gasteiger partial charge in [0.1, 0.15) is 11.9 Å². The monoisotopic (exact) mass is 542 g/mol. The molecule has 2 heterocycles. The molecule has 0 radical (unpaired) electrons. The number of aromatic nitrogens is 1. The molecule has 1 amide bonds. The van der Waals surface area contributed by atoms with E-state index in [1.165, 1.54) is 15.5 Å². The quantitative estimate of drug-likeness (QED) is 0.297. The van der Waals surface area contributed by atoms with Crippen LogP contribution < -0.4 is 10.3 Å². The lowest BCUT2D eigenvalue weighted by Crippen LogP contribution is -2.41. The van der Waals surface area contributed by atoms with E-state index in [-0.39, 0.29) is 11.7 Å². The van der Waals surface area contributed by atoms with E-state index in [1.54, 1.807) is 36.4 Å². The number of benzene rings is 3. The van der Waals surface area contributed by atoms with Crippen LogP contribution in [0.25, 0.3) is 27.7 Å². The van der Waals surface area contributed by atoms with Gasteiger partial charge < -0.3 is 14.7 Å². The van der Waals surface area contributed by atoms with E-state index in [1.807, 2.05) is 24.3 Å². The van der Waals surface area contributed by atoms with E-state index in [9.17, 15) is 14.7 Å². The van der Waals surface area contributed by atoms with Crippen molar-refractivity contribution in [3.63, 3.8) is 0 Å². The molecule has 0 aliphatic carbocycles. The summed E-state index contributed by atoms with van der Waals surface area (Å²) < 4.78 is 7.83. The maximum Gasteiger partial charge on any atom is 0.407 e. The summed E-state index contributed by atoms with van der Waals surface area (Å²) in [6.45, 7) is 0.787. The number of hydrogen-bond donors (Lipinski definition) is 1. The Morgan fingerprint density at radius 1 is 0.861 bits per heavy atom. The van der Waals surface area contributed by atoms with Crippen LogP contribution in [-0.2, 0) is 0 Å². The molecule has 1 N–H and O–H groups in total. The third kappa shape index (κ3) is 4.64. The van der Waals surface area contributed by atoms with Gasteiger partial charge in [-0.05, 0) is 35.9 Å². The fraction of sp³-hybridized carbons (Fsp3) is 0.185. The Balaban J connectivity index is 1.70. The van der Waals surface area contributed by atoms with E-state index in [0.717, 1.165) is 16.5 Å². The molecule has 6 nitrogen and oxygen atoms in total. The van der Waals surface area contributed by atoms with Gasteiger partial charge in [-0.3, -0.25) is 9.36 Å². The SMILES string of the molecule is O=C(O)N1CCC(Oc2cc(-c3ccccc3Cl)c3ccc(=O)n(-c4c(Cl)cccc4Cl)c3c2)CC1. The van der Waals surface area contributed by atoms with Crippen LogP contribution in [0.1, 0.15) is 12.8 Å². The van der Waals surface area contributed by atoms with Gasteiger partial charge in [0.05, 0.1) is 21.2 Å². The van der Waals surface area contributed by atoms with Crippen LogP contribution >= 0.6 is 34.8 Å². The number of carboxylic acid groups (broad SMARTS) is 1. The fourth-order valence-corrected chi connectivity index (χ4v) is 5.39. The van der Waals surface area contributed by atoms with Crippen LogP contribution in [-0.4, -0.2) is 39.9 Å². The molecule has 36 heavy (non-hydrogen) atoms. The molecule has 1 fully saturated rings. The van der Waals surface area contributed by atoms with Crippen LogP contribution in [0.4, 0.5) is 4.79 Å². The van der Waals surface area contributed by atoms with Gasteiger partial charge in [0.2, 0.25) is 0 Å². The lowest BCUT2D eigenvalue weighted by molar-refractivity contribution is 0.0895. The lowest BCUT2D eigenvalue weighted by Gasteiger charge is -2.30. The number of hydrogen-bond acceptors (Lipinski definition) is 3. The summed E-state index contributed by atoms with van der Waals surface area (Å²) in [6.07, 6.45) is 0.0126. The third-order valence-electron chi connectivity index (χ3n) is 6.33. The zero-order valence-corrected chi connectivity index (χ0v) is 21.2. The van der Waals surface area contributed by atoms with Crippen molar-refractivity contribution in [2.24, 2.45) is 0 Å². The number of nitrogens with zero attached hydrogens (tertiary/aromatic N) is 2. The number of carbonyl (C=O) groups is 1. The third-order valence-corrected chi connectivity index (χ3v) is 7.27. The van der Waals surface area contributed by atoms with E-state index in [2.05, 4.69) is 0 Å². The summed E-state index contributed by atoms with van der Waals surface area (Å²) in [5.74, 6) is 0.536. The van der Waals surface area contributed by atoms with Gasteiger partial charge in [-0.25, -0.2) is 4.79 Å². The molecule has 1 aliphatic heterocycles. The zero-order chi connectivity index (χ0) is 25.4. The minimum absolute atomic E-state index is 0.176. The van der Waals surface area contributed by atoms with Crippen LogP contribution in [0.15, 0.2) is 71.5 Å². The van der Waals surface area contributed by atoms with Crippen molar-refractivity contribution >= 4 is 51.8 Å². The number of para-hydroxylation sites is 1. The van der Waals surface area contributed by atoms with E-state index >= 15 is 0 Å². The number of piperidine rings is 1. The number of pyridine rings is 1. The largest absolute Gasteiger partial charge is 0.490 e. The first-order valence-electron chi connectivity index (χ1n) is 11.4. The van der Waals surface area contributed by atoms with Crippen molar-refractivity contribution in [3.8, 4) is 22.6 Å². The molecular weight excluding hydrogens is 523 g/mol. The fourth-order valence-electron chi connectivity index (χ4n) is 4.58. The standard InChI is InChI=1S/C27H21Cl3N2O4/c28-21-5-2-1-4-18(21)20-14-17(36-16-10-12-31(13-11-16)27(34)35)15-24-19(20)8-9-25(33)32(24)26-22(29)6-3-7-23(26)30/h1-9,14-16H,10-13H2,(H,34,35). The molecule has 0 saturated carbocycles. The summed E-state index contributed by atoms with van der Waals surface area (Å²) >= 11 is 19.6. The molecule has 0 atom stereocenters. The molecule has 3 aromatic carbocycles. The molecule has 0 unspecified atom stereocenters. The number of ether oxygens (including phenoxy) is 1. The number of amides is 1. The Bertz CT molecular complexity index is 1510. The van der Waals surface area contributed by atoms with Crippen molar-refractivity contribution in [3.05, 3.63) is 92.2 Å². The molecule has 1 aliphatic rings. The van der Waals surface area contributed by atoms with Crippen molar-refractivity contribution in [2.75, 3.05) is 13.1 Å². The minimum atomic E-state index is -0.930. The summed E-state index contributed by atoms with van der Waals surface area (Å²) in [5.41, 5.74) is 2.22. The Morgan fingerprint density at radius 2 is 1.53 bits per heavy atom. The van der Waals surface area contributed by atoms with Crippen LogP contribution in [0, 0.1) is 0 Å². The second-order valence-electron chi connectivity index (χ2n) is 8.55. The highest BCUT2D eigenvalue weighted by atomic mass is 35.5. The minimum Gasteiger partial charge on any atom is -0.490 e. The summed E-state index contributed by atoms with van der Waals surface area (Å²) in [6, 6.07) is 19.5. The molecule has 1 aromatic heterocycles. The van der Waals surface area contributed by atoms with Gasteiger partial charge >= 0.3 is 6.09 Å². The second-order valence-corrected chi connectivity index (χ2v) is 9.77. The highest BCUT2D eigenvalue weighted by Crippen LogP contribution is 2.39. The molecule has 1 saturated heterocycles. The lowest BCUT2D eigenvalue weighted by atomic mass is 9.99. The predicted octanol–water partition coefficient (Wildman–Crippen LogP) is 7.14. The van der Waals surface area contributed by atoms with Gasteiger partial charge in [-0.1, -0.05) is 59.1 Å². The van der Waals surface area contributed by atoms with Crippen molar-refractivity contribution < 1.29 is 14.6 Å². The van der Waals surface area contributed by atoms with Gasteiger partial charge in [-0.2, -0.15) is 0 Å². The van der Waals surface area contributed by atoms with E-state index in [4.69, 9.17) is 39.5 Å². The van der Waals surface area contributed by atoms with Crippen molar-refractivity contribution in [2.45, 2.75) is 18.9 Å². The number of likely N-dealkylation sites (tertiary alicyclic amines) is 1. The van der Waals surface area contributed by atoms with Gasteiger partial charge in [-0.15, -0.1) is 0 Å². The van der Waals surface area contributed by atoms with Gasteiger partial charge in [0.25, 0.3) is 5.56 Å². The van der Waals surface area contributed by atoms with Crippen LogP contribution in [0.2, 0.25) is 15.1 Å². The Kier molecular flexibility index (Phi) is 6.84. The van der Waals surface area contributed by atoms with Gasteiger partial charge in [0, 0.05) is 54.0 Å². The summed E-state index contributed by atoms with van der Waals surface area (Å²) in [5, 5.41) is 11.2. The van der Waals surface area contributed by atoms with E-state index in [0.29, 0.717) is 58.0 Å². The maximum atomic E-state index is 13.2. The maximum absolute atomic E-state index is 13.2. The van der Waals surface area contributed by atoms with Crippen molar-refractivity contribution in [1.29, 1.82) is 0 Å². The van der Waals surface area contributed by atoms with Gasteiger partial charge in [0.15, 0.2) is 0 Å². The zero-order valence-electron chi connectivity index (χ0n) is 19.0. The summed E-state index contributed by atoms with van der Waals surface area (Å²) in [7, 11) is 0. The Hall–Kier alpha value is -3.19. The second kappa shape index (κ2) is 10.1. The normalized spacial score (nSPS) is 14.2. The Labute approximate surface area is 222 Å². The Morgan fingerprint density at radius 3 is 2.19 bits per heavy atom. The molecule has 4 aromatic rings. The molecule has 0 bridgehead atoms. The molecule has 9 heteroatoms. The topological polar surface area (TPSA) is 71.8 Å².